The van der Waals surface area contributed by atoms with Crippen molar-refractivity contribution in [3.63, 3.8) is 0 Å². The molecule has 30 heavy (non-hydrogen) atoms. The third-order valence-electron chi connectivity index (χ3n) is 5.37. The molecule has 1 aliphatic heterocycles. The second-order valence-electron chi connectivity index (χ2n) is 7.43. The molecule has 8 heteroatoms. The number of pyridine rings is 1. The van der Waals surface area contributed by atoms with E-state index in [-0.39, 0.29) is 11.9 Å². The van der Waals surface area contributed by atoms with Crippen molar-refractivity contribution >= 4 is 0 Å². The summed E-state index contributed by atoms with van der Waals surface area (Å²) < 4.78 is 21.6. The van der Waals surface area contributed by atoms with E-state index in [9.17, 15) is 4.39 Å². The quantitative estimate of drug-likeness (QED) is 0.497. The Labute approximate surface area is 173 Å². The van der Waals surface area contributed by atoms with Crippen molar-refractivity contribution < 1.29 is 8.91 Å². The smallest absolute Gasteiger partial charge is 0.244 e. The molecule has 152 valence electrons. The van der Waals surface area contributed by atoms with Gasteiger partial charge < -0.3 is 9.09 Å². The van der Waals surface area contributed by atoms with Gasteiger partial charge in [-0.1, -0.05) is 17.6 Å². The Kier molecular flexibility index (Phi) is 5.06. The zero-order chi connectivity index (χ0) is 20.3. The lowest BCUT2D eigenvalue weighted by molar-refractivity contribution is 0.110. The van der Waals surface area contributed by atoms with Gasteiger partial charge in [0.2, 0.25) is 11.7 Å². The molecule has 1 aliphatic rings. The van der Waals surface area contributed by atoms with E-state index in [0.29, 0.717) is 23.0 Å². The molecule has 1 aromatic carbocycles. The topological polar surface area (TPSA) is 72.9 Å². The molecule has 0 unspecified atom stereocenters. The van der Waals surface area contributed by atoms with Gasteiger partial charge in [-0.05, 0) is 49.7 Å². The van der Waals surface area contributed by atoms with Crippen molar-refractivity contribution in [2.45, 2.75) is 31.8 Å². The summed E-state index contributed by atoms with van der Waals surface area (Å²) in [7, 11) is 0. The standard InChI is InChI=1S/C22H21FN6O/c23-17-11-16(12-19(13-17)29-10-8-24-15-29)21-26-22(30-27-21)20-6-2-4-9-28(20)14-18-5-1-3-7-25-18/h1,3,5,7-8,10-13,15,20H,2,4,6,9,14H2/t20-/m0/s1. The monoisotopic (exact) mass is 404 g/mol. The maximum absolute atomic E-state index is 14.2. The Balaban J connectivity index is 1.42. The van der Waals surface area contributed by atoms with Gasteiger partial charge in [0.15, 0.2) is 0 Å². The van der Waals surface area contributed by atoms with Crippen molar-refractivity contribution in [3.05, 3.63) is 78.7 Å². The van der Waals surface area contributed by atoms with Gasteiger partial charge in [-0.25, -0.2) is 9.37 Å². The fraction of sp³-hybridized carbons (Fsp3) is 0.273. The van der Waals surface area contributed by atoms with E-state index < -0.39 is 0 Å². The van der Waals surface area contributed by atoms with Crippen LogP contribution in [0.5, 0.6) is 0 Å². The average molecular weight is 404 g/mol. The number of hydrogen-bond donors (Lipinski definition) is 0. The molecule has 0 spiro atoms. The SMILES string of the molecule is Fc1cc(-c2noc([C@@H]3CCCCN3Cc3ccccn3)n2)cc(-n2ccnc2)c1. The number of benzene rings is 1. The first-order valence-corrected chi connectivity index (χ1v) is 10.0. The third kappa shape index (κ3) is 3.86. The zero-order valence-electron chi connectivity index (χ0n) is 16.4. The molecule has 7 nitrogen and oxygen atoms in total. The molecule has 0 amide bonds. The van der Waals surface area contributed by atoms with Crippen LogP contribution in [0.2, 0.25) is 0 Å². The number of likely N-dealkylation sites (tertiary alicyclic amines) is 1. The van der Waals surface area contributed by atoms with Crippen LogP contribution in [0.3, 0.4) is 0 Å². The minimum absolute atomic E-state index is 0.0312. The lowest BCUT2D eigenvalue weighted by Crippen LogP contribution is -2.33. The van der Waals surface area contributed by atoms with Gasteiger partial charge in [0, 0.05) is 30.7 Å². The molecule has 1 atom stereocenters. The third-order valence-corrected chi connectivity index (χ3v) is 5.37. The van der Waals surface area contributed by atoms with Crippen molar-refractivity contribution in [1.29, 1.82) is 0 Å². The number of halogens is 1. The van der Waals surface area contributed by atoms with E-state index in [1.165, 1.54) is 12.1 Å². The number of hydrogen-bond acceptors (Lipinski definition) is 6. The van der Waals surface area contributed by atoms with Crippen LogP contribution in [0.25, 0.3) is 17.1 Å². The molecular weight excluding hydrogens is 383 g/mol. The molecule has 1 fully saturated rings. The minimum Gasteiger partial charge on any atom is -0.337 e. The molecule has 0 saturated carbocycles. The molecule has 0 N–H and O–H groups in total. The van der Waals surface area contributed by atoms with Gasteiger partial charge in [-0.15, -0.1) is 0 Å². The summed E-state index contributed by atoms with van der Waals surface area (Å²) in [6, 6.07) is 10.7. The second kappa shape index (κ2) is 8.16. The van der Waals surface area contributed by atoms with Crippen molar-refractivity contribution in [1.82, 2.24) is 29.6 Å². The molecule has 4 aromatic rings. The number of piperidine rings is 1. The normalized spacial score (nSPS) is 17.3. The van der Waals surface area contributed by atoms with Crippen LogP contribution in [-0.4, -0.2) is 36.1 Å². The van der Waals surface area contributed by atoms with Crippen LogP contribution >= 0.6 is 0 Å². The maximum atomic E-state index is 14.2. The summed E-state index contributed by atoms with van der Waals surface area (Å²) >= 11 is 0. The summed E-state index contributed by atoms with van der Waals surface area (Å²) in [5.41, 5.74) is 2.24. The van der Waals surface area contributed by atoms with Crippen molar-refractivity contribution in [3.8, 4) is 17.1 Å². The van der Waals surface area contributed by atoms with E-state index in [2.05, 4.69) is 25.0 Å². The number of nitrogens with zero attached hydrogens (tertiary/aromatic N) is 6. The van der Waals surface area contributed by atoms with Crippen LogP contribution in [-0.2, 0) is 6.54 Å². The van der Waals surface area contributed by atoms with E-state index >= 15 is 0 Å². The minimum atomic E-state index is -0.364. The van der Waals surface area contributed by atoms with Crippen molar-refractivity contribution in [2.75, 3.05) is 6.54 Å². The molecule has 3 aromatic heterocycles. The Hall–Kier alpha value is -3.39. The van der Waals surface area contributed by atoms with Gasteiger partial charge in [0.1, 0.15) is 5.82 Å². The summed E-state index contributed by atoms with van der Waals surface area (Å²) in [5.74, 6) is 0.584. The molecule has 0 aliphatic carbocycles. The van der Waals surface area contributed by atoms with Gasteiger partial charge >= 0.3 is 0 Å². The van der Waals surface area contributed by atoms with Crippen LogP contribution < -0.4 is 0 Å². The highest BCUT2D eigenvalue weighted by Gasteiger charge is 2.29. The van der Waals surface area contributed by atoms with Crippen LogP contribution in [0.1, 0.15) is 36.9 Å². The highest BCUT2D eigenvalue weighted by Crippen LogP contribution is 2.32. The number of rotatable bonds is 5. The summed E-state index contributed by atoms with van der Waals surface area (Å²) in [4.78, 5) is 15.4. The van der Waals surface area contributed by atoms with Crippen LogP contribution in [0.4, 0.5) is 4.39 Å². The fourth-order valence-corrected chi connectivity index (χ4v) is 3.91. The first-order chi connectivity index (χ1) is 14.8. The Bertz CT molecular complexity index is 1110. The van der Waals surface area contributed by atoms with Gasteiger partial charge in [-0.3, -0.25) is 9.88 Å². The van der Waals surface area contributed by atoms with E-state index in [1.54, 1.807) is 29.5 Å². The second-order valence-corrected chi connectivity index (χ2v) is 7.43. The molecule has 0 radical (unpaired) electrons. The van der Waals surface area contributed by atoms with E-state index in [0.717, 1.165) is 38.0 Å². The maximum Gasteiger partial charge on any atom is 0.244 e. The first-order valence-electron chi connectivity index (χ1n) is 10.0. The highest BCUT2D eigenvalue weighted by molar-refractivity contribution is 5.59. The van der Waals surface area contributed by atoms with Crippen molar-refractivity contribution in [2.24, 2.45) is 0 Å². The zero-order valence-corrected chi connectivity index (χ0v) is 16.4. The summed E-state index contributed by atoms with van der Waals surface area (Å²) in [6.45, 7) is 1.68. The fourth-order valence-electron chi connectivity index (χ4n) is 3.91. The molecule has 5 rings (SSSR count). The summed E-state index contributed by atoms with van der Waals surface area (Å²) in [6.07, 6.45) is 10.0. The lowest BCUT2D eigenvalue weighted by atomic mass is 10.0. The number of imidazole rings is 1. The molecule has 0 bridgehead atoms. The Morgan fingerprint density at radius 2 is 2.10 bits per heavy atom. The van der Waals surface area contributed by atoms with Gasteiger partial charge in [0.05, 0.1) is 23.8 Å². The molecule has 1 saturated heterocycles. The largest absolute Gasteiger partial charge is 0.337 e. The Morgan fingerprint density at radius 1 is 1.13 bits per heavy atom. The molecule has 4 heterocycles. The Morgan fingerprint density at radius 3 is 2.93 bits per heavy atom. The summed E-state index contributed by atoms with van der Waals surface area (Å²) in [5, 5.41) is 4.15. The predicted octanol–water partition coefficient (Wildman–Crippen LogP) is 4.18. The van der Waals surface area contributed by atoms with Crippen LogP contribution in [0, 0.1) is 5.82 Å². The lowest BCUT2D eigenvalue weighted by Gasteiger charge is -2.32. The van der Waals surface area contributed by atoms with E-state index in [4.69, 9.17) is 4.52 Å². The van der Waals surface area contributed by atoms with Gasteiger partial charge in [0.25, 0.3) is 0 Å². The first kappa shape index (κ1) is 18.6. The predicted molar refractivity (Wildman–Crippen MR) is 108 cm³/mol. The van der Waals surface area contributed by atoms with Gasteiger partial charge in [-0.2, -0.15) is 4.98 Å². The number of aromatic nitrogens is 5. The molecular formula is C22H21FN6O. The van der Waals surface area contributed by atoms with E-state index in [1.807, 2.05) is 24.3 Å². The average Bonchev–Trinajstić information content (AvgIpc) is 3.47. The highest BCUT2D eigenvalue weighted by atomic mass is 19.1. The van der Waals surface area contributed by atoms with Crippen LogP contribution in [0.15, 0.2) is 65.8 Å².